The van der Waals surface area contributed by atoms with Crippen LogP contribution >= 0.6 is 0 Å². The average Bonchev–Trinajstić information content (AvgIpc) is 2.81. The van der Waals surface area contributed by atoms with E-state index < -0.39 is 5.91 Å². The van der Waals surface area contributed by atoms with Crippen molar-refractivity contribution in [3.05, 3.63) is 59.8 Å². The quantitative estimate of drug-likeness (QED) is 0.286. The summed E-state index contributed by atoms with van der Waals surface area (Å²) in [5, 5.41) is 17.5. The van der Waals surface area contributed by atoms with E-state index in [9.17, 15) is 9.59 Å². The molecule has 0 aromatic heterocycles. The van der Waals surface area contributed by atoms with Crippen LogP contribution in [0.1, 0.15) is 6.42 Å². The Labute approximate surface area is 187 Å². The first-order valence-electron chi connectivity index (χ1n) is 10.3. The number of hydrogen-bond donors (Lipinski definition) is 5. The summed E-state index contributed by atoms with van der Waals surface area (Å²) in [6, 6.07) is 14.6. The highest BCUT2D eigenvalue weighted by molar-refractivity contribution is 6.44. The van der Waals surface area contributed by atoms with E-state index in [1.54, 1.807) is 36.3 Å². The fourth-order valence-electron chi connectivity index (χ4n) is 3.40. The van der Waals surface area contributed by atoms with E-state index in [1.807, 2.05) is 31.3 Å². The lowest BCUT2D eigenvalue weighted by molar-refractivity contribution is -0.115. The number of primary amides is 1. The van der Waals surface area contributed by atoms with Gasteiger partial charge in [0, 0.05) is 42.3 Å². The fourth-order valence-corrected chi connectivity index (χ4v) is 3.40. The molecule has 0 spiro atoms. The second-order valence-electron chi connectivity index (χ2n) is 7.23. The van der Waals surface area contributed by atoms with Gasteiger partial charge in [-0.05, 0) is 62.0 Å². The van der Waals surface area contributed by atoms with Crippen molar-refractivity contribution in [2.45, 2.75) is 6.42 Å². The zero-order valence-corrected chi connectivity index (χ0v) is 18.2. The summed E-state index contributed by atoms with van der Waals surface area (Å²) in [4.78, 5) is 26.7. The molecule has 2 aromatic carbocycles. The van der Waals surface area contributed by atoms with E-state index in [1.165, 1.54) is 0 Å². The Morgan fingerprint density at radius 1 is 1.09 bits per heavy atom. The molecule has 0 bridgehead atoms. The molecule has 2 amide bonds. The van der Waals surface area contributed by atoms with Crippen LogP contribution in [0.4, 0.5) is 17.1 Å². The molecule has 2 aromatic rings. The maximum atomic E-state index is 13.4. The van der Waals surface area contributed by atoms with Gasteiger partial charge in [0.1, 0.15) is 17.2 Å². The predicted molar refractivity (Wildman–Crippen MR) is 126 cm³/mol. The largest absolute Gasteiger partial charge is 0.497 e. The predicted octanol–water partition coefficient (Wildman–Crippen LogP) is 1.93. The van der Waals surface area contributed by atoms with Crippen molar-refractivity contribution in [2.24, 2.45) is 5.73 Å². The van der Waals surface area contributed by atoms with Gasteiger partial charge in [-0.15, -0.1) is 0 Å². The van der Waals surface area contributed by atoms with Crippen molar-refractivity contribution >= 4 is 34.6 Å². The topological polar surface area (TPSA) is 133 Å². The molecule has 168 valence electrons. The van der Waals surface area contributed by atoms with Crippen molar-refractivity contribution in [1.82, 2.24) is 5.32 Å². The van der Waals surface area contributed by atoms with Crippen LogP contribution in [0.3, 0.4) is 0 Å². The second-order valence-corrected chi connectivity index (χ2v) is 7.23. The minimum atomic E-state index is -0.868. The third kappa shape index (κ3) is 5.25. The molecule has 1 aliphatic rings. The van der Waals surface area contributed by atoms with Gasteiger partial charge < -0.3 is 31.3 Å². The van der Waals surface area contributed by atoms with Gasteiger partial charge in [0.15, 0.2) is 0 Å². The highest BCUT2D eigenvalue weighted by atomic mass is 16.5. The number of anilines is 3. The van der Waals surface area contributed by atoms with E-state index in [0.29, 0.717) is 30.0 Å². The second kappa shape index (κ2) is 10.5. The van der Waals surface area contributed by atoms with Crippen LogP contribution in [0.5, 0.6) is 5.75 Å². The molecule has 0 saturated heterocycles. The Morgan fingerprint density at radius 2 is 1.75 bits per heavy atom. The lowest BCUT2D eigenvalue weighted by Gasteiger charge is -2.31. The number of hydrogen-bond acceptors (Lipinski definition) is 7. The number of nitrogens with zero attached hydrogens (tertiary/aromatic N) is 1. The number of rotatable bonds is 10. The smallest absolute Gasteiger partial charge is 0.275 e. The number of carbonyl (C=O) groups excluding carboxylic acids is 2. The van der Waals surface area contributed by atoms with E-state index in [4.69, 9.17) is 15.9 Å². The van der Waals surface area contributed by atoms with Crippen LogP contribution in [0.15, 0.2) is 59.8 Å². The molecule has 9 heteroatoms. The van der Waals surface area contributed by atoms with E-state index in [-0.39, 0.29) is 17.3 Å². The van der Waals surface area contributed by atoms with Crippen molar-refractivity contribution in [3.63, 3.8) is 0 Å². The summed E-state index contributed by atoms with van der Waals surface area (Å²) in [5.74, 6) is -0.522. The minimum Gasteiger partial charge on any atom is -0.497 e. The molecule has 1 aliphatic heterocycles. The van der Waals surface area contributed by atoms with Gasteiger partial charge in [-0.2, -0.15) is 0 Å². The highest BCUT2D eigenvalue weighted by Gasteiger charge is 2.31. The first kappa shape index (κ1) is 22.8. The number of methoxy groups -OCH3 is 1. The molecule has 0 radical (unpaired) electrons. The number of nitrogens with two attached hydrogens (primary N) is 1. The van der Waals surface area contributed by atoms with Crippen molar-refractivity contribution < 1.29 is 14.3 Å². The lowest BCUT2D eigenvalue weighted by atomic mass is 9.98. The summed E-state index contributed by atoms with van der Waals surface area (Å²) in [6.07, 6.45) is 0.328. The standard InChI is InChI=1S/C23H28N6O3/c1-26-12-13-27-15-3-7-17(8-4-15)29-14-11-19(20(24)22(25)30)21(23(29)31)28-16-5-9-18(32-2)10-6-16/h3-10,24,26-28H,11-14H2,1-2H3,(H2,25,30). The van der Waals surface area contributed by atoms with E-state index >= 15 is 0 Å². The fraction of sp³-hybridized carbons (Fsp3) is 0.261. The number of carbonyl (C=O) groups is 2. The Hall–Kier alpha value is -3.85. The minimum absolute atomic E-state index is 0.168. The summed E-state index contributed by atoms with van der Waals surface area (Å²) in [7, 11) is 3.46. The summed E-state index contributed by atoms with van der Waals surface area (Å²) in [6.45, 7) is 1.96. The number of likely N-dealkylation sites (N-methyl/N-ethyl adjacent to an activating group) is 1. The third-order valence-electron chi connectivity index (χ3n) is 5.14. The highest BCUT2D eigenvalue weighted by Crippen LogP contribution is 2.28. The van der Waals surface area contributed by atoms with Crippen LogP contribution in [0.25, 0.3) is 0 Å². The molecule has 3 rings (SSSR count). The van der Waals surface area contributed by atoms with Crippen LogP contribution in [0.2, 0.25) is 0 Å². The van der Waals surface area contributed by atoms with Crippen molar-refractivity contribution in [3.8, 4) is 5.75 Å². The van der Waals surface area contributed by atoms with Gasteiger partial charge in [-0.3, -0.25) is 15.0 Å². The van der Waals surface area contributed by atoms with E-state index in [0.717, 1.165) is 24.5 Å². The Kier molecular flexibility index (Phi) is 7.45. The maximum Gasteiger partial charge on any atom is 0.275 e. The van der Waals surface area contributed by atoms with Crippen LogP contribution in [0, 0.1) is 5.41 Å². The Balaban J connectivity index is 1.87. The van der Waals surface area contributed by atoms with Crippen LogP contribution in [-0.4, -0.2) is 51.3 Å². The number of nitrogens with one attached hydrogen (secondary N) is 4. The molecule has 0 saturated carbocycles. The molecular weight excluding hydrogens is 408 g/mol. The van der Waals surface area contributed by atoms with Gasteiger partial charge in [-0.1, -0.05) is 0 Å². The zero-order chi connectivity index (χ0) is 23.1. The molecule has 0 unspecified atom stereocenters. The lowest BCUT2D eigenvalue weighted by Crippen LogP contribution is -2.42. The maximum absolute atomic E-state index is 13.4. The molecule has 0 aliphatic carbocycles. The first-order valence-corrected chi connectivity index (χ1v) is 10.3. The SMILES string of the molecule is CNCCNc1ccc(N2CCC(C(=N)C(N)=O)=C(Nc3ccc(OC)cc3)C2=O)cc1. The van der Waals surface area contributed by atoms with Gasteiger partial charge in [0.05, 0.1) is 7.11 Å². The van der Waals surface area contributed by atoms with Crippen molar-refractivity contribution in [1.29, 1.82) is 5.41 Å². The molecular formula is C23H28N6O3. The van der Waals surface area contributed by atoms with Gasteiger partial charge in [-0.25, -0.2) is 0 Å². The molecule has 32 heavy (non-hydrogen) atoms. The molecule has 0 fully saturated rings. The normalized spacial score (nSPS) is 13.7. The third-order valence-corrected chi connectivity index (χ3v) is 5.14. The Bertz CT molecular complexity index is 1020. The number of amides is 2. The summed E-state index contributed by atoms with van der Waals surface area (Å²) >= 11 is 0. The summed E-state index contributed by atoms with van der Waals surface area (Å²) in [5.41, 5.74) is 7.77. The number of ether oxygens (including phenoxy) is 1. The first-order chi connectivity index (χ1) is 15.4. The van der Waals surface area contributed by atoms with Crippen LogP contribution in [-0.2, 0) is 9.59 Å². The van der Waals surface area contributed by atoms with Gasteiger partial charge >= 0.3 is 0 Å². The van der Waals surface area contributed by atoms with Gasteiger partial charge in [0.2, 0.25) is 0 Å². The monoisotopic (exact) mass is 436 g/mol. The van der Waals surface area contributed by atoms with E-state index in [2.05, 4.69) is 16.0 Å². The number of benzene rings is 2. The zero-order valence-electron chi connectivity index (χ0n) is 18.2. The molecule has 6 N–H and O–H groups in total. The van der Waals surface area contributed by atoms with Crippen LogP contribution < -0.4 is 31.3 Å². The molecule has 1 heterocycles. The molecule has 0 atom stereocenters. The average molecular weight is 437 g/mol. The molecule has 9 nitrogen and oxygen atoms in total. The van der Waals surface area contributed by atoms with Gasteiger partial charge in [0.25, 0.3) is 11.8 Å². The summed E-state index contributed by atoms with van der Waals surface area (Å²) < 4.78 is 5.17. The van der Waals surface area contributed by atoms with Crippen molar-refractivity contribution in [2.75, 3.05) is 49.3 Å². The Morgan fingerprint density at radius 3 is 2.34 bits per heavy atom.